The predicted octanol–water partition coefficient (Wildman–Crippen LogP) is 2.40. The molecule has 0 saturated heterocycles. The van der Waals surface area contributed by atoms with E-state index in [-0.39, 0.29) is 18.8 Å². The van der Waals surface area contributed by atoms with Crippen molar-refractivity contribution in [1.29, 1.82) is 0 Å². The van der Waals surface area contributed by atoms with E-state index in [1.165, 1.54) is 12.1 Å². The molecule has 0 bridgehead atoms. The van der Waals surface area contributed by atoms with Crippen LogP contribution in [-0.4, -0.2) is 43.1 Å². The van der Waals surface area contributed by atoms with Gasteiger partial charge in [-0.1, -0.05) is 23.7 Å². The lowest BCUT2D eigenvalue weighted by Crippen LogP contribution is -2.33. The van der Waals surface area contributed by atoms with E-state index >= 15 is 0 Å². The molecule has 2 rings (SSSR count). The van der Waals surface area contributed by atoms with E-state index in [9.17, 15) is 19.7 Å². The van der Waals surface area contributed by atoms with Crippen LogP contribution in [0.15, 0.2) is 48.5 Å². The Balaban J connectivity index is 1.58. The summed E-state index contributed by atoms with van der Waals surface area (Å²) < 4.78 is 10.0. The number of hydrogen-bond acceptors (Lipinski definition) is 7. The van der Waals surface area contributed by atoms with Gasteiger partial charge in [-0.3, -0.25) is 14.9 Å². The summed E-state index contributed by atoms with van der Waals surface area (Å²) in [6, 6.07) is 12.6. The van der Waals surface area contributed by atoms with Gasteiger partial charge in [0.15, 0.2) is 13.2 Å². The van der Waals surface area contributed by atoms with Crippen LogP contribution in [0.2, 0.25) is 5.02 Å². The number of carbonyl (C=O) groups excluding carboxylic acids is 2. The smallest absolute Gasteiger partial charge is 0.344 e. The second-order valence-electron chi connectivity index (χ2n) is 5.46. The molecule has 9 nitrogen and oxygen atoms in total. The van der Waals surface area contributed by atoms with Crippen LogP contribution in [0.3, 0.4) is 0 Å². The maximum absolute atomic E-state index is 11.7. The van der Waals surface area contributed by atoms with Crippen molar-refractivity contribution in [3.63, 3.8) is 0 Å². The maximum Gasteiger partial charge on any atom is 0.344 e. The number of nitrogens with zero attached hydrogens (tertiary/aromatic N) is 1. The van der Waals surface area contributed by atoms with E-state index in [2.05, 4.69) is 10.6 Å². The zero-order valence-corrected chi connectivity index (χ0v) is 15.5. The average Bonchev–Trinajstić information content (AvgIpc) is 2.69. The zero-order valence-electron chi connectivity index (χ0n) is 14.7. The molecule has 0 atom stereocenters. The SMILES string of the molecule is O=C(COC(=O)COc1ccccc1Cl)NCCNc1ccc([N+](=O)[O-])cc1. The molecule has 0 aliphatic heterocycles. The summed E-state index contributed by atoms with van der Waals surface area (Å²) in [5.74, 6) is -0.807. The van der Waals surface area contributed by atoms with Gasteiger partial charge in [0.05, 0.1) is 9.95 Å². The second kappa shape index (κ2) is 10.7. The van der Waals surface area contributed by atoms with Gasteiger partial charge in [0.2, 0.25) is 0 Å². The molecule has 0 aliphatic carbocycles. The molecule has 2 aromatic carbocycles. The fraction of sp³-hybridized carbons (Fsp3) is 0.222. The minimum Gasteiger partial charge on any atom is -0.480 e. The van der Waals surface area contributed by atoms with Gasteiger partial charge in [-0.15, -0.1) is 0 Å². The molecule has 148 valence electrons. The number of hydrogen-bond donors (Lipinski definition) is 2. The highest BCUT2D eigenvalue weighted by Gasteiger charge is 2.09. The Hall–Kier alpha value is -3.33. The first-order valence-corrected chi connectivity index (χ1v) is 8.61. The van der Waals surface area contributed by atoms with Crippen LogP contribution >= 0.6 is 11.6 Å². The lowest BCUT2D eigenvalue weighted by Gasteiger charge is -2.09. The predicted molar refractivity (Wildman–Crippen MR) is 103 cm³/mol. The van der Waals surface area contributed by atoms with Crippen LogP contribution in [0.25, 0.3) is 0 Å². The molecule has 0 unspecified atom stereocenters. The lowest BCUT2D eigenvalue weighted by molar-refractivity contribution is -0.384. The van der Waals surface area contributed by atoms with Gasteiger partial charge < -0.3 is 20.1 Å². The van der Waals surface area contributed by atoms with Crippen LogP contribution < -0.4 is 15.4 Å². The summed E-state index contributed by atoms with van der Waals surface area (Å²) in [7, 11) is 0. The quantitative estimate of drug-likeness (QED) is 0.268. The maximum atomic E-state index is 11.7. The van der Waals surface area contributed by atoms with Gasteiger partial charge in [-0.05, 0) is 24.3 Å². The summed E-state index contributed by atoms with van der Waals surface area (Å²) in [6.07, 6.45) is 0. The van der Waals surface area contributed by atoms with Crippen LogP contribution in [-0.2, 0) is 14.3 Å². The van der Waals surface area contributed by atoms with Crippen molar-refractivity contribution in [2.24, 2.45) is 0 Å². The van der Waals surface area contributed by atoms with Crippen molar-refractivity contribution in [3.05, 3.63) is 63.7 Å². The number of amides is 1. The van der Waals surface area contributed by atoms with Crippen molar-refractivity contribution < 1.29 is 24.0 Å². The zero-order chi connectivity index (χ0) is 20.4. The molecule has 2 N–H and O–H groups in total. The number of anilines is 1. The van der Waals surface area contributed by atoms with Crippen molar-refractivity contribution in [3.8, 4) is 5.75 Å². The number of esters is 1. The summed E-state index contributed by atoms with van der Waals surface area (Å²) in [5, 5.41) is 16.5. The monoisotopic (exact) mass is 407 g/mol. The number of carbonyl (C=O) groups is 2. The Bertz CT molecular complexity index is 828. The molecule has 2 aromatic rings. The Kier molecular flexibility index (Phi) is 8.04. The molecule has 28 heavy (non-hydrogen) atoms. The molecule has 0 spiro atoms. The van der Waals surface area contributed by atoms with Crippen LogP contribution in [0.5, 0.6) is 5.75 Å². The number of nitro groups is 1. The fourth-order valence-corrected chi connectivity index (χ4v) is 2.24. The number of ether oxygens (including phenoxy) is 2. The van der Waals surface area contributed by atoms with Gasteiger partial charge in [0.1, 0.15) is 5.75 Å². The van der Waals surface area contributed by atoms with Crippen molar-refractivity contribution >= 4 is 34.9 Å². The third kappa shape index (κ3) is 7.12. The van der Waals surface area contributed by atoms with Crippen LogP contribution in [0.1, 0.15) is 0 Å². The van der Waals surface area contributed by atoms with Gasteiger partial charge in [0, 0.05) is 30.9 Å². The standard InChI is InChI=1S/C18H18ClN3O6/c19-15-3-1-2-4-16(15)27-12-18(24)28-11-17(23)21-10-9-20-13-5-7-14(8-6-13)22(25)26/h1-8,20H,9-12H2,(H,21,23). The minimum absolute atomic E-state index is 0.000756. The van der Waals surface area contributed by atoms with Gasteiger partial charge in [-0.25, -0.2) is 4.79 Å². The van der Waals surface area contributed by atoms with Gasteiger partial charge in [0.25, 0.3) is 11.6 Å². The Morgan fingerprint density at radius 1 is 1.04 bits per heavy atom. The van der Waals surface area contributed by atoms with E-state index in [0.29, 0.717) is 23.0 Å². The van der Waals surface area contributed by atoms with Gasteiger partial charge >= 0.3 is 5.97 Å². The Morgan fingerprint density at radius 3 is 2.43 bits per heavy atom. The molecule has 0 heterocycles. The minimum atomic E-state index is -0.695. The fourth-order valence-electron chi connectivity index (χ4n) is 2.05. The molecule has 0 aromatic heterocycles. The molecular formula is C18H18ClN3O6. The third-order valence-corrected chi connectivity index (χ3v) is 3.71. The number of halogens is 1. The van der Waals surface area contributed by atoms with E-state index in [4.69, 9.17) is 21.1 Å². The highest BCUT2D eigenvalue weighted by molar-refractivity contribution is 6.32. The van der Waals surface area contributed by atoms with Crippen molar-refractivity contribution in [2.75, 3.05) is 31.6 Å². The largest absolute Gasteiger partial charge is 0.480 e. The number of para-hydroxylation sites is 1. The van der Waals surface area contributed by atoms with E-state index in [1.807, 2.05) is 0 Å². The molecule has 0 radical (unpaired) electrons. The molecular weight excluding hydrogens is 390 g/mol. The highest BCUT2D eigenvalue weighted by Crippen LogP contribution is 2.22. The summed E-state index contributed by atoms with van der Waals surface area (Å²) in [4.78, 5) is 33.3. The highest BCUT2D eigenvalue weighted by atomic mass is 35.5. The van der Waals surface area contributed by atoms with Crippen LogP contribution in [0.4, 0.5) is 11.4 Å². The lowest BCUT2D eigenvalue weighted by atomic mass is 10.3. The topological polar surface area (TPSA) is 120 Å². The van der Waals surface area contributed by atoms with Gasteiger partial charge in [-0.2, -0.15) is 0 Å². The summed E-state index contributed by atoms with van der Waals surface area (Å²) >= 11 is 5.89. The third-order valence-electron chi connectivity index (χ3n) is 3.40. The van der Waals surface area contributed by atoms with E-state index < -0.39 is 23.4 Å². The first-order chi connectivity index (χ1) is 13.5. The van der Waals surface area contributed by atoms with Crippen LogP contribution in [0, 0.1) is 10.1 Å². The van der Waals surface area contributed by atoms with Crippen molar-refractivity contribution in [2.45, 2.75) is 0 Å². The summed E-state index contributed by atoms with van der Waals surface area (Å²) in [6.45, 7) is -0.114. The van der Waals surface area contributed by atoms with E-state index in [1.54, 1.807) is 36.4 Å². The molecule has 0 saturated carbocycles. The normalized spacial score (nSPS) is 10.0. The Morgan fingerprint density at radius 2 is 1.75 bits per heavy atom. The van der Waals surface area contributed by atoms with Crippen molar-refractivity contribution in [1.82, 2.24) is 5.32 Å². The Labute approximate surface area is 165 Å². The summed E-state index contributed by atoms with van der Waals surface area (Å²) in [5.41, 5.74) is 0.683. The number of nitro benzene ring substituents is 1. The number of rotatable bonds is 10. The molecule has 0 aliphatic rings. The first-order valence-electron chi connectivity index (χ1n) is 8.23. The number of non-ortho nitro benzene ring substituents is 1. The molecule has 1 amide bonds. The number of benzene rings is 2. The number of nitrogens with one attached hydrogen (secondary N) is 2. The molecule has 0 fully saturated rings. The molecule has 10 heteroatoms. The second-order valence-corrected chi connectivity index (χ2v) is 5.87. The van der Waals surface area contributed by atoms with E-state index in [0.717, 1.165) is 0 Å². The average molecular weight is 408 g/mol. The first kappa shape index (κ1) is 21.0.